The molecular formula is C29H26N4O. The van der Waals surface area contributed by atoms with Crippen molar-refractivity contribution in [3.05, 3.63) is 120 Å². The van der Waals surface area contributed by atoms with Crippen molar-refractivity contribution in [2.75, 3.05) is 0 Å². The molecule has 168 valence electrons. The number of fused-ring (bicyclic) bond motifs is 1. The van der Waals surface area contributed by atoms with E-state index < -0.39 is 0 Å². The zero-order valence-electron chi connectivity index (χ0n) is 19.1. The maximum atomic E-state index is 14.0. The van der Waals surface area contributed by atoms with Crippen LogP contribution in [0.3, 0.4) is 0 Å². The van der Waals surface area contributed by atoms with E-state index in [9.17, 15) is 4.79 Å². The number of hydrogen-bond donors (Lipinski definition) is 1. The van der Waals surface area contributed by atoms with Crippen molar-refractivity contribution in [3.63, 3.8) is 0 Å². The summed E-state index contributed by atoms with van der Waals surface area (Å²) in [7, 11) is 0. The molecule has 2 heterocycles. The van der Waals surface area contributed by atoms with Crippen LogP contribution in [0.25, 0.3) is 22.2 Å². The molecule has 0 aliphatic heterocycles. The number of para-hydroxylation sites is 1. The van der Waals surface area contributed by atoms with Crippen LogP contribution in [0.5, 0.6) is 0 Å². The first-order valence-corrected chi connectivity index (χ1v) is 11.5. The van der Waals surface area contributed by atoms with Crippen molar-refractivity contribution in [1.82, 2.24) is 19.9 Å². The quantitative estimate of drug-likeness (QED) is 0.332. The molecule has 2 aromatic heterocycles. The smallest absolute Gasteiger partial charge is 0.252 e. The highest BCUT2D eigenvalue weighted by Crippen LogP contribution is 2.31. The van der Waals surface area contributed by atoms with Gasteiger partial charge >= 0.3 is 0 Å². The second-order valence-corrected chi connectivity index (χ2v) is 8.28. The van der Waals surface area contributed by atoms with Gasteiger partial charge in [0.2, 0.25) is 0 Å². The highest BCUT2D eigenvalue weighted by Gasteiger charge is 2.24. The zero-order chi connectivity index (χ0) is 23.3. The molecule has 0 saturated heterocycles. The topological polar surface area (TPSA) is 59.8 Å². The number of carbonyl (C=O) groups is 1. The molecular weight excluding hydrogens is 420 g/mol. The van der Waals surface area contributed by atoms with E-state index in [1.54, 1.807) is 12.5 Å². The van der Waals surface area contributed by atoms with Gasteiger partial charge in [-0.1, -0.05) is 85.8 Å². The summed E-state index contributed by atoms with van der Waals surface area (Å²) in [5, 5.41) is 4.14. The van der Waals surface area contributed by atoms with E-state index in [4.69, 9.17) is 4.98 Å². The van der Waals surface area contributed by atoms with Gasteiger partial charge in [0.15, 0.2) is 0 Å². The minimum Gasteiger partial charge on any atom is -0.345 e. The number of amides is 1. The van der Waals surface area contributed by atoms with Gasteiger partial charge in [0.1, 0.15) is 0 Å². The second kappa shape index (κ2) is 9.71. The minimum absolute atomic E-state index is 0.0816. The molecule has 5 aromatic rings. The van der Waals surface area contributed by atoms with Crippen LogP contribution in [0.4, 0.5) is 0 Å². The molecule has 0 aliphatic carbocycles. The third-order valence-corrected chi connectivity index (χ3v) is 6.08. The highest BCUT2D eigenvalue weighted by atomic mass is 16.1. The Morgan fingerprint density at radius 3 is 2.35 bits per heavy atom. The highest BCUT2D eigenvalue weighted by molar-refractivity contribution is 6.09. The summed E-state index contributed by atoms with van der Waals surface area (Å²) in [5.74, 6) is -0.0957. The lowest BCUT2D eigenvalue weighted by molar-refractivity contribution is 0.0936. The van der Waals surface area contributed by atoms with Gasteiger partial charge in [-0.3, -0.25) is 4.79 Å². The normalized spacial score (nSPS) is 11.9. The summed E-state index contributed by atoms with van der Waals surface area (Å²) in [5.41, 5.74) is 5.22. The van der Waals surface area contributed by atoms with Gasteiger partial charge < -0.3 is 9.88 Å². The third kappa shape index (κ3) is 4.33. The van der Waals surface area contributed by atoms with E-state index in [0.29, 0.717) is 12.1 Å². The monoisotopic (exact) mass is 446 g/mol. The number of aromatic nitrogens is 3. The zero-order valence-corrected chi connectivity index (χ0v) is 19.1. The molecule has 5 nitrogen and oxygen atoms in total. The van der Waals surface area contributed by atoms with Crippen LogP contribution < -0.4 is 5.32 Å². The number of benzene rings is 3. The van der Waals surface area contributed by atoms with Crippen molar-refractivity contribution >= 4 is 16.8 Å². The maximum absolute atomic E-state index is 14.0. The van der Waals surface area contributed by atoms with Crippen molar-refractivity contribution in [2.45, 2.75) is 25.9 Å². The first-order chi connectivity index (χ1) is 16.7. The molecule has 1 atom stereocenters. The Hall–Kier alpha value is -4.25. The molecule has 1 N–H and O–H groups in total. The van der Waals surface area contributed by atoms with Gasteiger partial charge in [-0.25, -0.2) is 9.97 Å². The molecule has 0 radical (unpaired) electrons. The fourth-order valence-corrected chi connectivity index (χ4v) is 4.40. The van der Waals surface area contributed by atoms with Crippen molar-refractivity contribution in [2.24, 2.45) is 0 Å². The van der Waals surface area contributed by atoms with Gasteiger partial charge in [0, 0.05) is 28.9 Å². The van der Waals surface area contributed by atoms with Crippen LogP contribution in [0.2, 0.25) is 0 Å². The summed E-state index contributed by atoms with van der Waals surface area (Å²) in [4.78, 5) is 23.2. The van der Waals surface area contributed by atoms with Gasteiger partial charge in [0.05, 0.1) is 35.7 Å². The van der Waals surface area contributed by atoms with E-state index in [-0.39, 0.29) is 11.9 Å². The fraction of sp³-hybridized carbons (Fsp3) is 0.138. The lowest BCUT2D eigenvalue weighted by Crippen LogP contribution is -2.30. The molecule has 0 fully saturated rings. The van der Waals surface area contributed by atoms with E-state index in [0.717, 1.165) is 39.7 Å². The predicted molar refractivity (Wildman–Crippen MR) is 135 cm³/mol. The van der Waals surface area contributed by atoms with Gasteiger partial charge in [-0.2, -0.15) is 0 Å². The second-order valence-electron chi connectivity index (χ2n) is 8.28. The average molecular weight is 447 g/mol. The summed E-state index contributed by atoms with van der Waals surface area (Å²) >= 11 is 0. The Morgan fingerprint density at radius 1 is 0.941 bits per heavy atom. The fourth-order valence-electron chi connectivity index (χ4n) is 4.40. The van der Waals surface area contributed by atoms with E-state index in [2.05, 4.69) is 29.4 Å². The molecule has 5 heteroatoms. The summed E-state index contributed by atoms with van der Waals surface area (Å²) in [6, 6.07) is 27.9. The molecule has 0 bridgehead atoms. The van der Waals surface area contributed by atoms with Crippen molar-refractivity contribution in [3.8, 4) is 11.3 Å². The minimum atomic E-state index is -0.0957. The third-order valence-electron chi connectivity index (χ3n) is 6.08. The Morgan fingerprint density at radius 2 is 1.65 bits per heavy atom. The number of rotatable bonds is 7. The lowest BCUT2D eigenvalue weighted by atomic mass is 9.95. The van der Waals surface area contributed by atoms with Crippen molar-refractivity contribution < 1.29 is 4.79 Å². The maximum Gasteiger partial charge on any atom is 0.252 e. The number of pyridine rings is 1. The van der Waals surface area contributed by atoms with Crippen LogP contribution in [0, 0.1) is 0 Å². The molecule has 3 aromatic carbocycles. The van der Waals surface area contributed by atoms with Gasteiger partial charge in [-0.05, 0) is 18.1 Å². The van der Waals surface area contributed by atoms with E-state index in [1.165, 1.54) is 0 Å². The summed E-state index contributed by atoms with van der Waals surface area (Å²) in [6.45, 7) is 2.58. The average Bonchev–Trinajstić information content (AvgIpc) is 3.41. The van der Waals surface area contributed by atoms with Gasteiger partial charge in [0.25, 0.3) is 5.91 Å². The molecule has 0 aliphatic rings. The Bertz CT molecular complexity index is 1400. The lowest BCUT2D eigenvalue weighted by Gasteiger charge is -2.21. The van der Waals surface area contributed by atoms with Crippen LogP contribution in [-0.2, 0) is 6.54 Å². The standard InChI is InChI=1S/C29H26N4O/c1-2-25(21-11-5-3-6-12-21)32-29(34)27-23-15-9-10-16-26(23)31-28(22-13-7-4-8-14-22)24(27)19-33-18-17-30-20-33/h3-18,20,25H,2,19H2,1H3,(H,32,34). The van der Waals surface area contributed by atoms with Crippen LogP contribution in [0.1, 0.15) is 40.9 Å². The first-order valence-electron chi connectivity index (χ1n) is 11.5. The predicted octanol–water partition coefficient (Wildman–Crippen LogP) is 6.03. The summed E-state index contributed by atoms with van der Waals surface area (Å²) in [6.07, 6.45) is 6.22. The van der Waals surface area contributed by atoms with E-state index in [1.807, 2.05) is 83.6 Å². The largest absolute Gasteiger partial charge is 0.345 e. The van der Waals surface area contributed by atoms with Crippen LogP contribution in [-0.4, -0.2) is 20.4 Å². The number of carbonyl (C=O) groups excluding carboxylic acids is 1. The van der Waals surface area contributed by atoms with Gasteiger partial charge in [-0.15, -0.1) is 0 Å². The molecule has 1 unspecified atom stereocenters. The first kappa shape index (κ1) is 21.6. The Labute approximate surface area is 199 Å². The molecule has 0 saturated carbocycles. The van der Waals surface area contributed by atoms with E-state index >= 15 is 0 Å². The Kier molecular flexibility index (Phi) is 6.17. The number of nitrogens with zero attached hydrogens (tertiary/aromatic N) is 3. The molecule has 0 spiro atoms. The molecule has 5 rings (SSSR count). The number of hydrogen-bond acceptors (Lipinski definition) is 3. The van der Waals surface area contributed by atoms with Crippen LogP contribution >= 0.6 is 0 Å². The number of nitrogens with one attached hydrogen (secondary N) is 1. The molecule has 34 heavy (non-hydrogen) atoms. The van der Waals surface area contributed by atoms with Crippen LogP contribution in [0.15, 0.2) is 104 Å². The van der Waals surface area contributed by atoms with Crippen molar-refractivity contribution in [1.29, 1.82) is 0 Å². The Balaban J connectivity index is 1.69. The molecule has 1 amide bonds. The SMILES string of the molecule is CCC(NC(=O)c1c(Cn2ccnc2)c(-c2ccccc2)nc2ccccc12)c1ccccc1. The summed E-state index contributed by atoms with van der Waals surface area (Å²) < 4.78 is 1.98. The number of imidazole rings is 1.